The van der Waals surface area contributed by atoms with Crippen LogP contribution < -0.4 is 10.1 Å². The van der Waals surface area contributed by atoms with Crippen LogP contribution in [-0.2, 0) is 6.42 Å². The van der Waals surface area contributed by atoms with Crippen molar-refractivity contribution >= 4 is 0 Å². The van der Waals surface area contributed by atoms with Gasteiger partial charge in [0, 0.05) is 18.0 Å². The highest BCUT2D eigenvalue weighted by Crippen LogP contribution is 2.39. The van der Waals surface area contributed by atoms with Gasteiger partial charge in [0.2, 0.25) is 0 Å². The van der Waals surface area contributed by atoms with E-state index in [4.69, 9.17) is 4.74 Å². The molecule has 0 saturated heterocycles. The molecule has 3 heteroatoms. The Morgan fingerprint density at radius 2 is 1.95 bits per heavy atom. The SMILES string of the molecule is CC1(C)CC(NCCc2ccccc2)c2cc(F)ccc2O1. The fourth-order valence-corrected chi connectivity index (χ4v) is 3.04. The van der Waals surface area contributed by atoms with Gasteiger partial charge >= 0.3 is 0 Å². The van der Waals surface area contributed by atoms with Gasteiger partial charge in [-0.3, -0.25) is 0 Å². The standard InChI is InChI=1S/C19H22FNO/c1-19(2)13-17(16-12-15(20)8-9-18(16)22-19)21-11-10-14-6-4-3-5-7-14/h3-9,12,17,21H,10-11,13H2,1-2H3. The highest BCUT2D eigenvalue weighted by molar-refractivity contribution is 5.39. The van der Waals surface area contributed by atoms with E-state index in [0.717, 1.165) is 30.7 Å². The summed E-state index contributed by atoms with van der Waals surface area (Å²) in [6.45, 7) is 5.01. The summed E-state index contributed by atoms with van der Waals surface area (Å²) in [4.78, 5) is 0. The van der Waals surface area contributed by atoms with E-state index >= 15 is 0 Å². The number of fused-ring (bicyclic) bond motifs is 1. The van der Waals surface area contributed by atoms with Crippen molar-refractivity contribution in [2.75, 3.05) is 6.54 Å². The second-order valence-electron chi connectivity index (χ2n) is 6.49. The molecule has 2 aromatic rings. The van der Waals surface area contributed by atoms with E-state index in [2.05, 4.69) is 43.4 Å². The summed E-state index contributed by atoms with van der Waals surface area (Å²) in [5.74, 6) is 0.576. The van der Waals surface area contributed by atoms with E-state index in [1.807, 2.05) is 6.07 Å². The Kier molecular flexibility index (Phi) is 4.16. The largest absolute Gasteiger partial charge is 0.487 e. The Bertz CT molecular complexity index is 639. The Morgan fingerprint density at radius 3 is 2.73 bits per heavy atom. The van der Waals surface area contributed by atoms with Crippen LogP contribution in [0.5, 0.6) is 5.75 Å². The van der Waals surface area contributed by atoms with Gasteiger partial charge in [0.1, 0.15) is 17.2 Å². The molecule has 1 heterocycles. The summed E-state index contributed by atoms with van der Waals surface area (Å²) in [6, 6.07) is 15.3. The minimum Gasteiger partial charge on any atom is -0.487 e. The van der Waals surface area contributed by atoms with Crippen LogP contribution in [0.1, 0.15) is 37.4 Å². The lowest BCUT2D eigenvalue weighted by molar-refractivity contribution is 0.0659. The van der Waals surface area contributed by atoms with Crippen LogP contribution >= 0.6 is 0 Å². The van der Waals surface area contributed by atoms with Crippen LogP contribution in [-0.4, -0.2) is 12.1 Å². The van der Waals surface area contributed by atoms with Crippen molar-refractivity contribution in [1.29, 1.82) is 0 Å². The third kappa shape index (κ3) is 3.47. The van der Waals surface area contributed by atoms with Gasteiger partial charge in [-0.2, -0.15) is 0 Å². The summed E-state index contributed by atoms with van der Waals surface area (Å²) in [6.07, 6.45) is 1.79. The number of ether oxygens (including phenoxy) is 1. The molecule has 1 aliphatic heterocycles. The molecule has 2 nitrogen and oxygen atoms in total. The molecule has 0 radical (unpaired) electrons. The molecule has 1 aliphatic rings. The highest BCUT2D eigenvalue weighted by atomic mass is 19.1. The van der Waals surface area contributed by atoms with Crippen LogP contribution in [0.25, 0.3) is 0 Å². The second kappa shape index (κ2) is 6.09. The van der Waals surface area contributed by atoms with Gasteiger partial charge in [-0.15, -0.1) is 0 Å². The molecular weight excluding hydrogens is 277 g/mol. The topological polar surface area (TPSA) is 21.3 Å². The normalized spacial score (nSPS) is 19.3. The van der Waals surface area contributed by atoms with Crippen LogP contribution in [0.4, 0.5) is 4.39 Å². The molecule has 1 N–H and O–H groups in total. The maximum Gasteiger partial charge on any atom is 0.125 e. The molecule has 1 atom stereocenters. The summed E-state index contributed by atoms with van der Waals surface area (Å²) in [7, 11) is 0. The molecule has 0 aromatic heterocycles. The lowest BCUT2D eigenvalue weighted by atomic mass is 9.89. The predicted molar refractivity (Wildman–Crippen MR) is 86.6 cm³/mol. The molecule has 1 unspecified atom stereocenters. The smallest absolute Gasteiger partial charge is 0.125 e. The summed E-state index contributed by atoms with van der Waals surface area (Å²) in [5.41, 5.74) is 1.99. The van der Waals surface area contributed by atoms with Crippen molar-refractivity contribution < 1.29 is 9.13 Å². The van der Waals surface area contributed by atoms with Crippen molar-refractivity contribution in [1.82, 2.24) is 5.32 Å². The molecule has 0 spiro atoms. The maximum absolute atomic E-state index is 13.6. The Morgan fingerprint density at radius 1 is 1.18 bits per heavy atom. The van der Waals surface area contributed by atoms with E-state index in [1.54, 1.807) is 12.1 Å². The first-order valence-corrected chi connectivity index (χ1v) is 7.79. The lowest BCUT2D eigenvalue weighted by Gasteiger charge is -2.38. The lowest BCUT2D eigenvalue weighted by Crippen LogP contribution is -2.40. The zero-order chi connectivity index (χ0) is 15.6. The number of hydrogen-bond acceptors (Lipinski definition) is 2. The average Bonchev–Trinajstić information content (AvgIpc) is 2.48. The van der Waals surface area contributed by atoms with E-state index in [0.29, 0.717) is 0 Å². The van der Waals surface area contributed by atoms with Crippen molar-refractivity contribution in [2.24, 2.45) is 0 Å². The van der Waals surface area contributed by atoms with Gasteiger partial charge in [0.05, 0.1) is 0 Å². The van der Waals surface area contributed by atoms with Crippen LogP contribution in [0.3, 0.4) is 0 Å². The Labute approximate surface area is 131 Å². The first kappa shape index (κ1) is 15.0. The minimum absolute atomic E-state index is 0.123. The highest BCUT2D eigenvalue weighted by Gasteiger charge is 2.33. The Hall–Kier alpha value is -1.87. The summed E-state index contributed by atoms with van der Waals surface area (Å²) >= 11 is 0. The fraction of sp³-hybridized carbons (Fsp3) is 0.368. The maximum atomic E-state index is 13.6. The number of benzene rings is 2. The van der Waals surface area contributed by atoms with Gasteiger partial charge in [-0.05, 0) is 50.6 Å². The predicted octanol–water partition coefficient (Wildman–Crippen LogP) is 4.26. The second-order valence-corrected chi connectivity index (χ2v) is 6.49. The molecule has 22 heavy (non-hydrogen) atoms. The van der Waals surface area contributed by atoms with Crippen LogP contribution in [0.15, 0.2) is 48.5 Å². The zero-order valence-corrected chi connectivity index (χ0v) is 13.1. The van der Waals surface area contributed by atoms with E-state index in [9.17, 15) is 4.39 Å². The van der Waals surface area contributed by atoms with Gasteiger partial charge in [-0.1, -0.05) is 30.3 Å². The summed E-state index contributed by atoms with van der Waals surface area (Å²) in [5, 5.41) is 3.56. The van der Waals surface area contributed by atoms with E-state index < -0.39 is 0 Å². The summed E-state index contributed by atoms with van der Waals surface area (Å²) < 4.78 is 19.5. The molecule has 0 aliphatic carbocycles. The Balaban J connectivity index is 1.71. The van der Waals surface area contributed by atoms with Crippen molar-refractivity contribution in [3.8, 4) is 5.75 Å². The van der Waals surface area contributed by atoms with E-state index in [1.165, 1.54) is 11.6 Å². The molecular formula is C19H22FNO. The molecule has 0 amide bonds. The first-order chi connectivity index (χ1) is 10.5. The van der Waals surface area contributed by atoms with Crippen LogP contribution in [0, 0.1) is 5.82 Å². The molecule has 0 fully saturated rings. The molecule has 116 valence electrons. The third-order valence-electron chi connectivity index (χ3n) is 4.08. The third-order valence-corrected chi connectivity index (χ3v) is 4.08. The first-order valence-electron chi connectivity index (χ1n) is 7.79. The number of rotatable bonds is 4. The van der Waals surface area contributed by atoms with Gasteiger partial charge in [-0.25, -0.2) is 4.39 Å². The molecule has 3 rings (SSSR count). The number of nitrogens with one attached hydrogen (secondary N) is 1. The van der Waals surface area contributed by atoms with Gasteiger partial charge < -0.3 is 10.1 Å². The quantitative estimate of drug-likeness (QED) is 0.911. The zero-order valence-electron chi connectivity index (χ0n) is 13.1. The van der Waals surface area contributed by atoms with Gasteiger partial charge in [0.25, 0.3) is 0 Å². The fourth-order valence-electron chi connectivity index (χ4n) is 3.04. The number of halogens is 1. The molecule has 2 aromatic carbocycles. The monoisotopic (exact) mass is 299 g/mol. The van der Waals surface area contributed by atoms with Crippen LogP contribution in [0.2, 0.25) is 0 Å². The average molecular weight is 299 g/mol. The van der Waals surface area contributed by atoms with Gasteiger partial charge in [0.15, 0.2) is 0 Å². The minimum atomic E-state index is -0.241. The van der Waals surface area contributed by atoms with E-state index in [-0.39, 0.29) is 17.5 Å². The van der Waals surface area contributed by atoms with Crippen molar-refractivity contribution in [3.05, 3.63) is 65.5 Å². The van der Waals surface area contributed by atoms with Crippen molar-refractivity contribution in [3.63, 3.8) is 0 Å². The van der Waals surface area contributed by atoms with Crippen molar-refractivity contribution in [2.45, 2.75) is 38.3 Å². The number of hydrogen-bond donors (Lipinski definition) is 1. The molecule has 0 saturated carbocycles. The molecule has 0 bridgehead atoms.